The second-order valence-corrected chi connectivity index (χ2v) is 9.71. The number of unbranched alkanes of at least 4 members (excludes halogenated alkanes) is 2. The number of anilines is 1. The number of benzene rings is 1. The molecule has 0 saturated heterocycles. The van der Waals surface area contributed by atoms with Gasteiger partial charge in [0.25, 0.3) is 0 Å². The van der Waals surface area contributed by atoms with Crippen LogP contribution >= 0.6 is 12.2 Å². The van der Waals surface area contributed by atoms with Gasteiger partial charge >= 0.3 is 11.3 Å². The number of thiocarbonyl (C=S) groups is 1. The first kappa shape index (κ1) is 32.5. The first-order valence-electron chi connectivity index (χ1n) is 11.3. The molecule has 37 heavy (non-hydrogen) atoms. The maximum atomic E-state index is 11.2. The molecule has 0 bridgehead atoms. The molecule has 12 heteroatoms. The molecule has 3 N–H and O–H groups in total. The van der Waals surface area contributed by atoms with Crippen molar-refractivity contribution in [2.75, 3.05) is 18.4 Å². The summed E-state index contributed by atoms with van der Waals surface area (Å²) >= 11 is 5.31. The standard InChI is InChI=1S/C24H30N6O2S2.CO.Re/c25-34(31,32)23-12-10-20(11-13-23)29-24(33)28-16-4-1-7-17-30(18-21-8-2-5-14-26-21)19-22-9-3-6-15-27-22;1-2;/h2-3,5-6,8-15H,1,4,7,16-19H2,(H4,25,28,29,31,32,33);;/p-1. The molecule has 1 radical (unpaired) electrons. The third-order valence-corrected chi connectivity index (χ3v) is 6.22. The summed E-state index contributed by atoms with van der Waals surface area (Å²) in [5.74, 6) is 0. The van der Waals surface area contributed by atoms with Crippen LogP contribution in [0.15, 0.2) is 78.0 Å². The number of sulfonamides is 1. The van der Waals surface area contributed by atoms with E-state index in [9.17, 15) is 8.42 Å². The minimum atomic E-state index is -3.95. The summed E-state index contributed by atoms with van der Waals surface area (Å²) in [7, 11) is -3.95. The fourth-order valence-electron chi connectivity index (χ4n) is 3.39. The summed E-state index contributed by atoms with van der Waals surface area (Å²) in [6.45, 7) is 7.75. The molecule has 0 unspecified atom stereocenters. The molecule has 0 aliphatic carbocycles. The molecule has 0 aliphatic heterocycles. The maximum absolute atomic E-state index is 11.2. The van der Waals surface area contributed by atoms with E-state index in [4.69, 9.17) is 22.0 Å². The molecule has 0 aliphatic rings. The Morgan fingerprint density at radius 1 is 0.919 bits per heavy atom. The van der Waals surface area contributed by atoms with Gasteiger partial charge < -0.3 is 15.8 Å². The number of pyridine rings is 2. The Balaban J connectivity index is 0.00000223. The van der Waals surface area contributed by atoms with Crippen LogP contribution in [-0.4, -0.2) is 41.5 Å². The molecule has 1 aromatic carbocycles. The van der Waals surface area contributed by atoms with Crippen LogP contribution in [0.3, 0.4) is 0 Å². The monoisotopic (exact) mass is 712 g/mol. The fraction of sp³-hybridized carbons (Fsp3) is 0.280. The molecular weight excluding hydrogens is 683 g/mol. The van der Waals surface area contributed by atoms with Crippen LogP contribution in [0.5, 0.6) is 0 Å². The molecule has 0 spiro atoms. The quantitative estimate of drug-likeness (QED) is 0.123. The molecule has 0 amide bonds. The van der Waals surface area contributed by atoms with Crippen LogP contribution in [0.1, 0.15) is 30.7 Å². The zero-order chi connectivity index (χ0) is 26.2. The van der Waals surface area contributed by atoms with Gasteiger partial charge in [-0.15, -0.1) is 0 Å². The van der Waals surface area contributed by atoms with Crippen molar-refractivity contribution >= 4 is 33.0 Å². The zero-order valence-electron chi connectivity index (χ0n) is 20.1. The number of nitrogens with one attached hydrogen (secondary N) is 3. The van der Waals surface area contributed by atoms with Gasteiger partial charge in [0, 0.05) is 63.0 Å². The van der Waals surface area contributed by atoms with Crippen molar-refractivity contribution in [3.8, 4) is 0 Å². The summed E-state index contributed by atoms with van der Waals surface area (Å²) < 4.78 is 29.9. The van der Waals surface area contributed by atoms with E-state index in [1.807, 2.05) is 48.8 Å². The Morgan fingerprint density at radius 3 is 1.97 bits per heavy atom. The second kappa shape index (κ2) is 17.9. The van der Waals surface area contributed by atoms with Crippen LogP contribution in [-0.2, 0) is 48.2 Å². The summed E-state index contributed by atoms with van der Waals surface area (Å²) in [5, 5.41) is 13.8. The van der Waals surface area contributed by atoms with Gasteiger partial charge in [-0.2, -0.15) is 0 Å². The molecule has 3 aromatic rings. The predicted octanol–water partition coefficient (Wildman–Crippen LogP) is 4.34. The molecular formula is C25H29N6O3ReS2-. The fourth-order valence-corrected chi connectivity index (χ4v) is 4.10. The van der Waals surface area contributed by atoms with Gasteiger partial charge in [-0.25, -0.2) is 8.42 Å². The largest absolute Gasteiger partial charge is 0.560 e. The van der Waals surface area contributed by atoms with E-state index in [2.05, 4.69) is 32.2 Å². The Morgan fingerprint density at radius 2 is 1.49 bits per heavy atom. The van der Waals surface area contributed by atoms with E-state index in [-0.39, 0.29) is 25.3 Å². The van der Waals surface area contributed by atoms with Crippen LogP contribution in [0.25, 0.3) is 5.14 Å². The minimum Gasteiger partial charge on any atom is -0.560 e. The number of hydrogen-bond acceptors (Lipinski definition) is 6. The van der Waals surface area contributed by atoms with Crippen LogP contribution < -0.4 is 10.6 Å². The molecule has 9 nitrogen and oxygen atoms in total. The summed E-state index contributed by atoms with van der Waals surface area (Å²) in [6.07, 6.45) is 6.71. The van der Waals surface area contributed by atoms with Crippen LogP contribution in [0.4, 0.5) is 5.69 Å². The van der Waals surface area contributed by atoms with Crippen molar-refractivity contribution in [1.82, 2.24) is 20.2 Å². The third kappa shape index (κ3) is 13.0. The van der Waals surface area contributed by atoms with Crippen molar-refractivity contribution in [3.05, 3.63) is 96.2 Å². The van der Waals surface area contributed by atoms with Gasteiger partial charge in [-0.3, -0.25) is 14.9 Å². The Kier molecular flexibility index (Phi) is 15.7. The van der Waals surface area contributed by atoms with E-state index < -0.39 is 10.0 Å². The van der Waals surface area contributed by atoms with Crippen molar-refractivity contribution < 1.29 is 33.5 Å². The van der Waals surface area contributed by atoms with Gasteiger partial charge in [0.1, 0.15) is 0 Å². The van der Waals surface area contributed by atoms with Gasteiger partial charge in [-0.05, 0) is 80.1 Å². The molecule has 2 aromatic heterocycles. The second-order valence-electron chi connectivity index (χ2n) is 7.82. The first-order valence-corrected chi connectivity index (χ1v) is 13.2. The zero-order valence-corrected chi connectivity index (χ0v) is 24.5. The normalized spacial score (nSPS) is 10.5. The number of hydrogen-bond donors (Lipinski definition) is 2. The molecule has 0 atom stereocenters. The maximum Gasteiger partial charge on any atom is 0.170 e. The van der Waals surface area contributed by atoms with E-state index in [0.29, 0.717) is 10.8 Å². The Bertz CT molecular complexity index is 1140. The van der Waals surface area contributed by atoms with E-state index >= 15 is 0 Å². The minimum absolute atomic E-state index is 0. The molecule has 3 rings (SSSR count). The average Bonchev–Trinajstić information content (AvgIpc) is 2.88. The van der Waals surface area contributed by atoms with Crippen molar-refractivity contribution in [2.45, 2.75) is 37.2 Å². The van der Waals surface area contributed by atoms with Crippen molar-refractivity contribution in [3.63, 3.8) is 0 Å². The summed E-state index contributed by atoms with van der Waals surface area (Å²) in [4.78, 5) is 11.2. The third-order valence-electron chi connectivity index (χ3n) is 5.08. The Labute approximate surface area is 237 Å². The summed E-state index contributed by atoms with van der Waals surface area (Å²) in [6, 6.07) is 17.9. The molecule has 197 valence electrons. The molecule has 0 fully saturated rings. The van der Waals surface area contributed by atoms with Crippen LogP contribution in [0.2, 0.25) is 0 Å². The van der Waals surface area contributed by atoms with Gasteiger partial charge in [0.15, 0.2) is 5.11 Å². The smallest absolute Gasteiger partial charge is 0.170 e. The topological polar surface area (TPSA) is 131 Å². The van der Waals surface area contributed by atoms with Crippen molar-refractivity contribution in [1.29, 1.82) is 0 Å². The van der Waals surface area contributed by atoms with Crippen molar-refractivity contribution in [2.24, 2.45) is 0 Å². The van der Waals surface area contributed by atoms with E-state index in [0.717, 1.165) is 56.8 Å². The van der Waals surface area contributed by atoms with E-state index in [1.165, 1.54) is 12.1 Å². The predicted molar refractivity (Wildman–Crippen MR) is 143 cm³/mol. The summed E-state index contributed by atoms with van der Waals surface area (Å²) in [5.41, 5.74) is 2.76. The number of aromatic nitrogens is 2. The van der Waals surface area contributed by atoms with Gasteiger partial charge in [-0.1, -0.05) is 18.6 Å². The first-order chi connectivity index (χ1) is 17.4. The van der Waals surface area contributed by atoms with E-state index in [1.54, 1.807) is 12.1 Å². The number of nitrogens with zero attached hydrogens (tertiary/aromatic N) is 3. The SMILES string of the molecule is [C-]#[O+].[NH-]S(=O)(=O)c1ccc(NC(=S)NCCCCCN(Cc2ccccn2)Cc2ccccn2)cc1.[Re]. The Hall–Kier alpha value is -2.52. The van der Waals surface area contributed by atoms with Gasteiger partial charge in [0.2, 0.25) is 0 Å². The molecule has 0 saturated carbocycles. The van der Waals surface area contributed by atoms with Gasteiger partial charge in [0.05, 0.1) is 21.4 Å². The van der Waals surface area contributed by atoms with Crippen LogP contribution in [0, 0.1) is 6.65 Å². The number of rotatable bonds is 12. The average molecular weight is 712 g/mol. The molecule has 2 heterocycles.